The minimum Gasteiger partial charge on any atom is -0.497 e. The number of amides is 2. The highest BCUT2D eigenvalue weighted by Crippen LogP contribution is 2.22. The Hall–Kier alpha value is -2.08. The highest BCUT2D eigenvalue weighted by molar-refractivity contribution is 5.94. The Kier molecular flexibility index (Phi) is 8.14. The molecule has 0 N–H and O–H groups in total. The maximum Gasteiger partial charge on any atom is 0.254 e. The van der Waals surface area contributed by atoms with Crippen LogP contribution in [0.4, 0.5) is 0 Å². The van der Waals surface area contributed by atoms with Crippen molar-refractivity contribution in [2.24, 2.45) is 5.92 Å². The average Bonchev–Trinajstić information content (AvgIpc) is 3.29. The third-order valence-electron chi connectivity index (χ3n) is 6.29. The number of ether oxygens (including phenoxy) is 1. The second-order valence-corrected chi connectivity index (χ2v) is 8.87. The van der Waals surface area contributed by atoms with Crippen molar-refractivity contribution in [2.45, 2.75) is 52.0 Å². The van der Waals surface area contributed by atoms with Gasteiger partial charge < -0.3 is 19.4 Å². The molecule has 0 radical (unpaired) electrons. The summed E-state index contributed by atoms with van der Waals surface area (Å²) in [5.41, 5.74) is 0.644. The van der Waals surface area contributed by atoms with Gasteiger partial charge in [-0.3, -0.25) is 9.59 Å². The summed E-state index contributed by atoms with van der Waals surface area (Å²) >= 11 is 0. The summed E-state index contributed by atoms with van der Waals surface area (Å²) in [6.07, 6.45) is 5.47. The third-order valence-corrected chi connectivity index (χ3v) is 6.29. The van der Waals surface area contributed by atoms with Crippen molar-refractivity contribution in [3.63, 3.8) is 0 Å². The summed E-state index contributed by atoms with van der Waals surface area (Å²) in [6.45, 7) is 9.49. The quantitative estimate of drug-likeness (QED) is 0.654. The minimum atomic E-state index is -0.0266. The number of hydrogen-bond donors (Lipinski definition) is 0. The molecule has 166 valence electrons. The van der Waals surface area contributed by atoms with E-state index in [1.807, 2.05) is 36.9 Å². The molecule has 1 atom stereocenters. The molecular formula is C24H37N3O3. The molecule has 2 fully saturated rings. The molecule has 1 aromatic rings. The first kappa shape index (κ1) is 22.6. The lowest BCUT2D eigenvalue weighted by atomic mass is 10.0. The first-order chi connectivity index (χ1) is 14.5. The summed E-state index contributed by atoms with van der Waals surface area (Å²) in [5.74, 6) is 0.888. The highest BCUT2D eigenvalue weighted by Gasteiger charge is 2.31. The topological polar surface area (TPSA) is 53.1 Å². The summed E-state index contributed by atoms with van der Waals surface area (Å²) in [5, 5.41) is 0. The van der Waals surface area contributed by atoms with Gasteiger partial charge in [-0.2, -0.15) is 0 Å². The van der Waals surface area contributed by atoms with Crippen LogP contribution in [0.2, 0.25) is 0 Å². The molecule has 0 aromatic heterocycles. The van der Waals surface area contributed by atoms with Gasteiger partial charge in [0.25, 0.3) is 5.91 Å². The smallest absolute Gasteiger partial charge is 0.254 e. The average molecular weight is 416 g/mol. The molecule has 2 aliphatic rings. The van der Waals surface area contributed by atoms with E-state index in [9.17, 15) is 9.59 Å². The van der Waals surface area contributed by atoms with Crippen molar-refractivity contribution >= 4 is 11.8 Å². The predicted octanol–water partition coefficient (Wildman–Crippen LogP) is 3.27. The molecule has 2 heterocycles. The summed E-state index contributed by atoms with van der Waals surface area (Å²) in [7, 11) is 1.61. The number of benzene rings is 1. The van der Waals surface area contributed by atoms with Gasteiger partial charge in [-0.05, 0) is 69.9 Å². The van der Waals surface area contributed by atoms with Gasteiger partial charge in [0.05, 0.1) is 7.11 Å². The fourth-order valence-corrected chi connectivity index (χ4v) is 4.61. The number of nitrogens with zero attached hydrogens (tertiary/aromatic N) is 3. The monoisotopic (exact) mass is 415 g/mol. The van der Waals surface area contributed by atoms with Crippen LogP contribution >= 0.6 is 0 Å². The van der Waals surface area contributed by atoms with Gasteiger partial charge in [0.2, 0.25) is 5.91 Å². The van der Waals surface area contributed by atoms with Crippen LogP contribution in [0.3, 0.4) is 0 Å². The van der Waals surface area contributed by atoms with E-state index in [0.29, 0.717) is 17.9 Å². The maximum atomic E-state index is 13.1. The Labute approximate surface area is 181 Å². The van der Waals surface area contributed by atoms with E-state index >= 15 is 0 Å². The Morgan fingerprint density at radius 3 is 2.63 bits per heavy atom. The van der Waals surface area contributed by atoms with Gasteiger partial charge in [0.1, 0.15) is 5.75 Å². The summed E-state index contributed by atoms with van der Waals surface area (Å²) < 4.78 is 5.27. The van der Waals surface area contributed by atoms with Crippen LogP contribution in [0.15, 0.2) is 24.3 Å². The van der Waals surface area contributed by atoms with Crippen molar-refractivity contribution in [3.8, 4) is 5.75 Å². The molecule has 6 heteroatoms. The third kappa shape index (κ3) is 5.75. The number of rotatable bonds is 8. The first-order valence-electron chi connectivity index (χ1n) is 11.5. The van der Waals surface area contributed by atoms with Crippen molar-refractivity contribution in [1.82, 2.24) is 14.7 Å². The molecule has 6 nitrogen and oxygen atoms in total. The maximum absolute atomic E-state index is 13.1. The Bertz CT molecular complexity index is 715. The first-order valence-corrected chi connectivity index (χ1v) is 11.5. The van der Waals surface area contributed by atoms with Crippen LogP contribution in [0.5, 0.6) is 5.75 Å². The molecule has 1 aromatic carbocycles. The number of carbonyl (C=O) groups is 2. The van der Waals surface area contributed by atoms with Crippen molar-refractivity contribution in [1.29, 1.82) is 0 Å². The van der Waals surface area contributed by atoms with E-state index in [0.717, 1.165) is 38.9 Å². The molecule has 2 amide bonds. The van der Waals surface area contributed by atoms with Crippen LogP contribution in [0.1, 0.15) is 56.3 Å². The number of likely N-dealkylation sites (tertiary alicyclic amines) is 2. The lowest BCUT2D eigenvalue weighted by Crippen LogP contribution is -2.53. The van der Waals surface area contributed by atoms with E-state index in [1.165, 1.54) is 25.9 Å². The van der Waals surface area contributed by atoms with Gasteiger partial charge in [-0.25, -0.2) is 0 Å². The number of piperidine rings is 1. The molecule has 0 bridgehead atoms. The second kappa shape index (κ2) is 10.8. The highest BCUT2D eigenvalue weighted by atomic mass is 16.5. The second-order valence-electron chi connectivity index (χ2n) is 8.87. The van der Waals surface area contributed by atoms with Crippen LogP contribution in [0, 0.1) is 5.92 Å². The predicted molar refractivity (Wildman–Crippen MR) is 119 cm³/mol. The molecule has 0 saturated carbocycles. The van der Waals surface area contributed by atoms with Crippen LogP contribution in [-0.4, -0.2) is 78.9 Å². The molecule has 1 unspecified atom stereocenters. The summed E-state index contributed by atoms with van der Waals surface area (Å²) in [6, 6.07) is 7.42. The SMILES string of the molecule is COc1cccc(C(=O)N2CCCC(N(CCCN3CCCC3)C(=O)C(C)C)C2)c1. The zero-order valence-electron chi connectivity index (χ0n) is 18.8. The van der Waals surface area contributed by atoms with Gasteiger partial charge in [-0.1, -0.05) is 19.9 Å². The van der Waals surface area contributed by atoms with Crippen molar-refractivity contribution < 1.29 is 14.3 Å². The zero-order valence-corrected chi connectivity index (χ0v) is 18.8. The molecule has 2 saturated heterocycles. The molecule has 30 heavy (non-hydrogen) atoms. The number of methoxy groups -OCH3 is 1. The minimum absolute atomic E-state index is 0.0209. The molecule has 3 rings (SSSR count). The van der Waals surface area contributed by atoms with Gasteiger partial charge in [-0.15, -0.1) is 0 Å². The van der Waals surface area contributed by atoms with Crippen molar-refractivity contribution in [2.75, 3.05) is 46.4 Å². The standard InChI is InChI=1S/C24H37N3O3/c1-19(2)23(28)27(16-8-14-25-12-4-5-13-25)21-10-7-15-26(18-21)24(29)20-9-6-11-22(17-20)30-3/h6,9,11,17,19,21H,4-5,7-8,10,12-16,18H2,1-3H3. The van der Waals surface area contributed by atoms with Gasteiger partial charge in [0.15, 0.2) is 0 Å². The van der Waals surface area contributed by atoms with E-state index in [-0.39, 0.29) is 23.8 Å². The number of hydrogen-bond acceptors (Lipinski definition) is 4. The van der Waals surface area contributed by atoms with E-state index < -0.39 is 0 Å². The lowest BCUT2D eigenvalue weighted by Gasteiger charge is -2.40. The summed E-state index contributed by atoms with van der Waals surface area (Å²) in [4.78, 5) is 32.5. The van der Waals surface area contributed by atoms with Crippen LogP contribution in [0.25, 0.3) is 0 Å². The molecule has 0 aliphatic carbocycles. The van der Waals surface area contributed by atoms with Gasteiger partial charge in [0, 0.05) is 37.2 Å². The van der Waals surface area contributed by atoms with E-state index in [2.05, 4.69) is 9.80 Å². The normalized spacial score (nSPS) is 19.9. The van der Waals surface area contributed by atoms with E-state index in [4.69, 9.17) is 4.74 Å². The molecule has 2 aliphatic heterocycles. The van der Waals surface area contributed by atoms with Crippen LogP contribution in [-0.2, 0) is 4.79 Å². The fourth-order valence-electron chi connectivity index (χ4n) is 4.61. The Morgan fingerprint density at radius 1 is 1.17 bits per heavy atom. The van der Waals surface area contributed by atoms with E-state index in [1.54, 1.807) is 13.2 Å². The number of carbonyl (C=O) groups excluding carboxylic acids is 2. The largest absolute Gasteiger partial charge is 0.497 e. The Balaban J connectivity index is 1.65. The molecular weight excluding hydrogens is 378 g/mol. The molecule has 0 spiro atoms. The fraction of sp³-hybridized carbons (Fsp3) is 0.667. The lowest BCUT2D eigenvalue weighted by molar-refractivity contribution is -0.138. The van der Waals surface area contributed by atoms with Crippen molar-refractivity contribution in [3.05, 3.63) is 29.8 Å². The Morgan fingerprint density at radius 2 is 1.93 bits per heavy atom. The van der Waals surface area contributed by atoms with Gasteiger partial charge >= 0.3 is 0 Å². The zero-order chi connectivity index (χ0) is 21.5. The van der Waals surface area contributed by atoms with Crippen LogP contribution < -0.4 is 4.74 Å².